The van der Waals surface area contributed by atoms with Crippen LogP contribution in [-0.4, -0.2) is 46.9 Å². The minimum atomic E-state index is -0.385. The lowest BCUT2D eigenvalue weighted by Gasteiger charge is -2.27. The fourth-order valence-corrected chi connectivity index (χ4v) is 3.89. The second-order valence-corrected chi connectivity index (χ2v) is 6.80. The third-order valence-electron chi connectivity index (χ3n) is 4.18. The summed E-state index contributed by atoms with van der Waals surface area (Å²) in [6, 6.07) is 8.42. The molecule has 0 amide bonds. The molecule has 1 fully saturated rings. The van der Waals surface area contributed by atoms with E-state index in [1.807, 2.05) is 18.3 Å². The minimum absolute atomic E-state index is 0.0917. The molecule has 1 saturated heterocycles. The molecule has 2 heterocycles. The van der Waals surface area contributed by atoms with E-state index in [2.05, 4.69) is 35.9 Å². The number of ether oxygens (including phenoxy) is 1. The van der Waals surface area contributed by atoms with Crippen molar-refractivity contribution in [1.29, 1.82) is 0 Å². The quantitative estimate of drug-likeness (QED) is 0.921. The number of thiazole rings is 1. The van der Waals surface area contributed by atoms with Crippen LogP contribution < -0.4 is 0 Å². The van der Waals surface area contributed by atoms with Crippen molar-refractivity contribution in [3.8, 4) is 10.6 Å². The molecule has 0 spiro atoms. The number of rotatable bonds is 5. The van der Waals surface area contributed by atoms with Gasteiger partial charge in [-0.15, -0.1) is 11.3 Å². The van der Waals surface area contributed by atoms with E-state index in [4.69, 9.17) is 4.74 Å². The fourth-order valence-electron chi connectivity index (χ4n) is 2.86. The Bertz CT molecular complexity index is 629. The predicted octanol–water partition coefficient (Wildman–Crippen LogP) is 2.70. The Labute approximate surface area is 135 Å². The summed E-state index contributed by atoms with van der Waals surface area (Å²) < 4.78 is 5.38. The molecule has 2 atom stereocenters. The highest BCUT2D eigenvalue weighted by Crippen LogP contribution is 2.29. The summed E-state index contributed by atoms with van der Waals surface area (Å²) in [7, 11) is 0. The van der Waals surface area contributed by atoms with Crippen LogP contribution in [0.3, 0.4) is 0 Å². The number of nitrogens with zero attached hydrogens (tertiary/aromatic N) is 2. The number of hydrogen-bond acceptors (Lipinski definition) is 5. The summed E-state index contributed by atoms with van der Waals surface area (Å²) >= 11 is 1.73. The Morgan fingerprint density at radius 2 is 2.18 bits per heavy atom. The molecule has 1 aliphatic heterocycles. The van der Waals surface area contributed by atoms with Crippen LogP contribution in [-0.2, 0) is 11.3 Å². The number of aliphatic hydroxyl groups excluding tert-OH is 1. The summed E-state index contributed by atoms with van der Waals surface area (Å²) in [6.45, 7) is 6.99. The number of aliphatic hydroxyl groups is 1. The van der Waals surface area contributed by atoms with Gasteiger partial charge in [0.25, 0.3) is 0 Å². The summed E-state index contributed by atoms with van der Waals surface area (Å²) in [4.78, 5) is 8.07. The Balaban J connectivity index is 1.75. The minimum Gasteiger partial charge on any atom is -0.389 e. The van der Waals surface area contributed by atoms with Gasteiger partial charge in [0.15, 0.2) is 0 Å². The molecule has 3 rings (SSSR count). The van der Waals surface area contributed by atoms with Crippen LogP contribution in [0.5, 0.6) is 0 Å². The molecule has 0 radical (unpaired) electrons. The van der Waals surface area contributed by atoms with Crippen LogP contribution in [0, 0.1) is 6.92 Å². The Hall–Kier alpha value is -1.27. The van der Waals surface area contributed by atoms with Crippen LogP contribution in [0.1, 0.15) is 17.4 Å². The van der Waals surface area contributed by atoms with Crippen molar-refractivity contribution < 1.29 is 9.84 Å². The highest BCUT2D eigenvalue weighted by molar-refractivity contribution is 7.15. The third kappa shape index (κ3) is 3.22. The molecule has 0 unspecified atom stereocenters. The van der Waals surface area contributed by atoms with Gasteiger partial charge >= 0.3 is 0 Å². The van der Waals surface area contributed by atoms with Crippen LogP contribution in [0.4, 0.5) is 0 Å². The van der Waals surface area contributed by atoms with E-state index in [-0.39, 0.29) is 12.1 Å². The predicted molar refractivity (Wildman–Crippen MR) is 89.0 cm³/mol. The van der Waals surface area contributed by atoms with Crippen molar-refractivity contribution in [2.75, 3.05) is 19.8 Å². The van der Waals surface area contributed by atoms with Crippen molar-refractivity contribution in [2.45, 2.75) is 32.5 Å². The van der Waals surface area contributed by atoms with E-state index in [1.165, 1.54) is 16.0 Å². The zero-order valence-electron chi connectivity index (χ0n) is 13.0. The van der Waals surface area contributed by atoms with Crippen LogP contribution in [0.25, 0.3) is 10.6 Å². The average Bonchev–Trinajstić information content (AvgIpc) is 3.14. The first-order chi connectivity index (χ1) is 10.7. The second-order valence-electron chi connectivity index (χ2n) is 5.68. The smallest absolute Gasteiger partial charge is 0.123 e. The number of likely N-dealkylation sites (N-methyl/N-ethyl adjacent to an activating group) is 1. The van der Waals surface area contributed by atoms with Crippen molar-refractivity contribution in [3.63, 3.8) is 0 Å². The normalized spacial score (nSPS) is 21.6. The van der Waals surface area contributed by atoms with Crippen molar-refractivity contribution in [1.82, 2.24) is 9.88 Å². The van der Waals surface area contributed by atoms with Gasteiger partial charge in [-0.3, -0.25) is 4.90 Å². The van der Waals surface area contributed by atoms with E-state index >= 15 is 0 Å². The van der Waals surface area contributed by atoms with Gasteiger partial charge in [0, 0.05) is 23.2 Å². The molecule has 22 heavy (non-hydrogen) atoms. The van der Waals surface area contributed by atoms with E-state index < -0.39 is 0 Å². The monoisotopic (exact) mass is 318 g/mol. The summed E-state index contributed by atoms with van der Waals surface area (Å²) in [5.41, 5.74) is 2.45. The van der Waals surface area contributed by atoms with Gasteiger partial charge < -0.3 is 9.84 Å². The molecule has 5 heteroatoms. The molecule has 1 aliphatic rings. The molecule has 0 aliphatic carbocycles. The molecule has 2 aromatic rings. The summed E-state index contributed by atoms with van der Waals surface area (Å²) in [6.07, 6.45) is 1.57. The summed E-state index contributed by atoms with van der Waals surface area (Å²) in [5, 5.41) is 11.1. The third-order valence-corrected chi connectivity index (χ3v) is 5.20. The van der Waals surface area contributed by atoms with E-state index in [0.29, 0.717) is 13.2 Å². The van der Waals surface area contributed by atoms with Crippen LogP contribution in [0.15, 0.2) is 30.5 Å². The number of benzene rings is 1. The van der Waals surface area contributed by atoms with Gasteiger partial charge in [-0.05, 0) is 19.0 Å². The van der Waals surface area contributed by atoms with E-state index in [1.54, 1.807) is 11.3 Å². The molecule has 4 nitrogen and oxygen atoms in total. The Morgan fingerprint density at radius 3 is 2.86 bits per heavy atom. The average molecular weight is 318 g/mol. The van der Waals surface area contributed by atoms with Gasteiger partial charge in [-0.1, -0.05) is 31.2 Å². The molecule has 1 aromatic heterocycles. The van der Waals surface area contributed by atoms with Crippen LogP contribution >= 0.6 is 11.3 Å². The maximum atomic E-state index is 10.0. The van der Waals surface area contributed by atoms with Crippen molar-refractivity contribution >= 4 is 11.3 Å². The first-order valence-corrected chi connectivity index (χ1v) is 8.51. The lowest BCUT2D eigenvalue weighted by atomic mass is 10.1. The lowest BCUT2D eigenvalue weighted by molar-refractivity contribution is 0.0813. The molecule has 118 valence electrons. The molecular formula is C17H22N2O2S. The SMILES string of the molecule is CCN(Cc1cnc(-c2ccccc2C)s1)[C@H]1COC[C@@H]1O. The first kappa shape index (κ1) is 15.6. The summed E-state index contributed by atoms with van der Waals surface area (Å²) in [5.74, 6) is 0. The van der Waals surface area contributed by atoms with Gasteiger partial charge in [0.1, 0.15) is 5.01 Å². The van der Waals surface area contributed by atoms with E-state index in [9.17, 15) is 5.11 Å². The Morgan fingerprint density at radius 1 is 1.36 bits per heavy atom. The second kappa shape index (κ2) is 6.87. The lowest BCUT2D eigenvalue weighted by Crippen LogP contribution is -2.42. The van der Waals surface area contributed by atoms with Gasteiger partial charge in [0.05, 0.1) is 25.4 Å². The number of aromatic nitrogens is 1. The number of aryl methyl sites for hydroxylation is 1. The fraction of sp³-hybridized carbons (Fsp3) is 0.471. The van der Waals surface area contributed by atoms with Crippen molar-refractivity contribution in [2.24, 2.45) is 0 Å². The van der Waals surface area contributed by atoms with Gasteiger partial charge in [-0.2, -0.15) is 0 Å². The van der Waals surface area contributed by atoms with E-state index in [0.717, 1.165) is 18.1 Å². The Kier molecular flexibility index (Phi) is 4.88. The van der Waals surface area contributed by atoms with Gasteiger partial charge in [-0.25, -0.2) is 4.98 Å². The maximum absolute atomic E-state index is 10.0. The number of hydrogen-bond donors (Lipinski definition) is 1. The maximum Gasteiger partial charge on any atom is 0.123 e. The first-order valence-electron chi connectivity index (χ1n) is 7.69. The highest BCUT2D eigenvalue weighted by Gasteiger charge is 2.31. The van der Waals surface area contributed by atoms with Crippen LogP contribution in [0.2, 0.25) is 0 Å². The zero-order valence-corrected chi connectivity index (χ0v) is 13.8. The topological polar surface area (TPSA) is 45.6 Å². The molecule has 1 N–H and O–H groups in total. The zero-order chi connectivity index (χ0) is 15.5. The molecule has 0 bridgehead atoms. The van der Waals surface area contributed by atoms with Crippen molar-refractivity contribution in [3.05, 3.63) is 40.9 Å². The largest absolute Gasteiger partial charge is 0.389 e. The highest BCUT2D eigenvalue weighted by atomic mass is 32.1. The molecule has 0 saturated carbocycles. The molecule has 1 aromatic carbocycles. The molecular weight excluding hydrogens is 296 g/mol. The standard InChI is InChI=1S/C17H22N2O2S/c1-3-19(15-10-21-11-16(15)20)9-13-8-18-17(22-13)14-7-5-4-6-12(14)2/h4-8,15-16,20H,3,9-11H2,1-2H3/t15-,16-/m0/s1. The van der Waals surface area contributed by atoms with Gasteiger partial charge in [0.2, 0.25) is 0 Å².